The van der Waals surface area contributed by atoms with Gasteiger partial charge in [-0.1, -0.05) is 0 Å². The van der Waals surface area contributed by atoms with Gasteiger partial charge in [-0.25, -0.2) is 0 Å². The van der Waals surface area contributed by atoms with E-state index < -0.39 is 5.97 Å². The zero-order valence-electron chi connectivity index (χ0n) is 16.0. The van der Waals surface area contributed by atoms with Crippen LogP contribution in [0.5, 0.6) is 28.7 Å². The Morgan fingerprint density at radius 2 is 1.57 bits per heavy atom. The first-order valence-electron chi connectivity index (χ1n) is 7.95. The van der Waals surface area contributed by atoms with Crippen LogP contribution < -0.4 is 53.6 Å². The van der Waals surface area contributed by atoms with Gasteiger partial charge >= 0.3 is 29.6 Å². The topological polar surface area (TPSA) is 77.1 Å². The molecule has 3 aromatic rings. The van der Waals surface area contributed by atoms with Gasteiger partial charge in [0.05, 0.1) is 32.2 Å². The van der Waals surface area contributed by atoms with Crippen molar-refractivity contribution < 1.29 is 58.4 Å². The first-order valence-corrected chi connectivity index (χ1v) is 8.77. The van der Waals surface area contributed by atoms with Crippen molar-refractivity contribution in [2.45, 2.75) is 0 Å². The molecule has 140 valence electrons. The van der Waals surface area contributed by atoms with Crippen molar-refractivity contribution >= 4 is 33.5 Å². The van der Waals surface area contributed by atoms with Crippen molar-refractivity contribution in [3.63, 3.8) is 0 Å². The molecule has 28 heavy (non-hydrogen) atoms. The van der Waals surface area contributed by atoms with Crippen LogP contribution in [-0.4, -0.2) is 27.3 Å². The molecule has 0 fully saturated rings. The number of methoxy groups -OCH3 is 3. The van der Waals surface area contributed by atoms with Gasteiger partial charge in [0.15, 0.2) is 17.2 Å². The van der Waals surface area contributed by atoms with Gasteiger partial charge in [-0.3, -0.25) is 0 Å². The maximum atomic E-state index is 10.8. The number of carbonyl (C=O) groups excluding carboxylic acids is 1. The molecule has 3 rings (SSSR count). The number of rotatable bonds is 7. The number of carbonyl (C=O) groups is 1. The molecule has 0 unspecified atom stereocenters. The van der Waals surface area contributed by atoms with Gasteiger partial charge in [-0.2, -0.15) is 0 Å². The maximum Gasteiger partial charge on any atom is 1.00 e. The number of benzene rings is 2. The maximum absolute atomic E-state index is 10.8. The average molecular weight is 408 g/mol. The molecule has 0 N–H and O–H groups in total. The molecule has 0 saturated carbocycles. The number of hydrogen-bond donors (Lipinski definition) is 0. The van der Waals surface area contributed by atoms with Gasteiger partial charge in [0.1, 0.15) is 11.5 Å². The number of carboxylic acids is 1. The van der Waals surface area contributed by atoms with E-state index in [1.807, 2.05) is 6.07 Å². The molecule has 1 heterocycles. The summed E-state index contributed by atoms with van der Waals surface area (Å²) in [7, 11) is 4.70. The van der Waals surface area contributed by atoms with Crippen molar-refractivity contribution in [3.8, 4) is 28.7 Å². The third-order valence-electron chi connectivity index (χ3n) is 3.82. The van der Waals surface area contributed by atoms with Crippen LogP contribution in [0.25, 0.3) is 16.2 Å². The molecule has 0 aliphatic heterocycles. The Balaban J connectivity index is 0.00000280. The Kier molecular flexibility index (Phi) is 7.77. The standard InChI is InChI=1S/C20H18O6S.Na/c1-23-12-4-6-13(7-5-12)26-20-14-10-15(24-2)16(25-3)11-18(14)27-17(20)8-9-19(21)22;/h4-11H,1-3H3,(H,21,22);/q;+1/p-1/b9-8+;. The Morgan fingerprint density at radius 3 is 2.14 bits per heavy atom. The van der Waals surface area contributed by atoms with Crippen molar-refractivity contribution in [1.29, 1.82) is 0 Å². The quantitative estimate of drug-likeness (QED) is 0.418. The zero-order valence-corrected chi connectivity index (χ0v) is 18.8. The number of fused-ring (bicyclic) bond motifs is 1. The fourth-order valence-electron chi connectivity index (χ4n) is 2.54. The first kappa shape index (κ1) is 22.1. The molecular weight excluding hydrogens is 391 g/mol. The summed E-state index contributed by atoms with van der Waals surface area (Å²) in [6, 6.07) is 10.7. The molecule has 1 aromatic heterocycles. The molecule has 0 bridgehead atoms. The molecule has 0 atom stereocenters. The predicted molar refractivity (Wildman–Crippen MR) is 102 cm³/mol. The van der Waals surface area contributed by atoms with E-state index in [1.54, 1.807) is 51.7 Å². The first-order chi connectivity index (χ1) is 13.0. The number of carboxylic acid groups (broad SMARTS) is 1. The van der Waals surface area contributed by atoms with Gasteiger partial charge in [0, 0.05) is 16.2 Å². The summed E-state index contributed by atoms with van der Waals surface area (Å²) in [6.07, 6.45) is 2.43. The van der Waals surface area contributed by atoms with Crippen LogP contribution in [0.2, 0.25) is 0 Å². The van der Waals surface area contributed by atoms with Crippen LogP contribution >= 0.6 is 11.3 Å². The van der Waals surface area contributed by atoms with E-state index >= 15 is 0 Å². The predicted octanol–water partition coefficient (Wildman–Crippen LogP) is 0.486. The summed E-state index contributed by atoms with van der Waals surface area (Å²) in [5, 5.41) is 11.6. The van der Waals surface area contributed by atoms with Crippen LogP contribution in [0.1, 0.15) is 4.88 Å². The Morgan fingerprint density at radius 1 is 0.964 bits per heavy atom. The van der Waals surface area contributed by atoms with Crippen LogP contribution in [0.3, 0.4) is 0 Å². The van der Waals surface area contributed by atoms with Crippen molar-refractivity contribution in [1.82, 2.24) is 0 Å². The summed E-state index contributed by atoms with van der Waals surface area (Å²) < 4.78 is 22.8. The summed E-state index contributed by atoms with van der Waals surface area (Å²) in [5.74, 6) is 1.68. The number of aliphatic carboxylic acids is 1. The second-order valence-electron chi connectivity index (χ2n) is 5.43. The Hall–Kier alpha value is -2.19. The van der Waals surface area contributed by atoms with Gasteiger partial charge in [-0.05, 0) is 42.5 Å². The van der Waals surface area contributed by atoms with Crippen LogP contribution in [0, 0.1) is 0 Å². The molecule has 0 amide bonds. The molecule has 0 aliphatic carbocycles. The summed E-state index contributed by atoms with van der Waals surface area (Å²) >= 11 is 1.38. The number of hydrogen-bond acceptors (Lipinski definition) is 7. The molecule has 6 nitrogen and oxygen atoms in total. The van der Waals surface area contributed by atoms with Gasteiger partial charge in [0.2, 0.25) is 0 Å². The van der Waals surface area contributed by atoms with Crippen molar-refractivity contribution in [2.24, 2.45) is 0 Å². The van der Waals surface area contributed by atoms with E-state index in [-0.39, 0.29) is 29.6 Å². The molecule has 0 spiro atoms. The molecule has 8 heteroatoms. The number of thiophene rings is 1. The van der Waals surface area contributed by atoms with E-state index in [9.17, 15) is 9.90 Å². The van der Waals surface area contributed by atoms with Gasteiger partial charge in [-0.15, -0.1) is 11.3 Å². The second-order valence-corrected chi connectivity index (χ2v) is 6.51. The van der Waals surface area contributed by atoms with E-state index in [0.29, 0.717) is 33.6 Å². The molecule has 0 saturated heterocycles. The molecular formula is C20H17NaO6S. The third-order valence-corrected chi connectivity index (χ3v) is 4.92. The minimum absolute atomic E-state index is 0. The second kappa shape index (κ2) is 9.84. The third kappa shape index (κ3) is 4.80. The van der Waals surface area contributed by atoms with E-state index in [4.69, 9.17) is 18.9 Å². The fourth-order valence-corrected chi connectivity index (χ4v) is 3.58. The van der Waals surface area contributed by atoms with Gasteiger partial charge < -0.3 is 28.8 Å². The molecule has 0 aliphatic rings. The fraction of sp³-hybridized carbons (Fsp3) is 0.150. The van der Waals surface area contributed by atoms with Crippen LogP contribution in [0.15, 0.2) is 42.5 Å². The summed E-state index contributed by atoms with van der Waals surface area (Å²) in [5.41, 5.74) is 0. The molecule has 0 radical (unpaired) electrons. The van der Waals surface area contributed by atoms with Crippen molar-refractivity contribution in [3.05, 3.63) is 47.4 Å². The van der Waals surface area contributed by atoms with E-state index in [2.05, 4.69) is 0 Å². The summed E-state index contributed by atoms with van der Waals surface area (Å²) in [6.45, 7) is 0. The molecule has 2 aromatic carbocycles. The average Bonchev–Trinajstić information content (AvgIpc) is 3.02. The van der Waals surface area contributed by atoms with Crippen LogP contribution in [0.4, 0.5) is 0 Å². The zero-order chi connectivity index (χ0) is 19.4. The minimum Gasteiger partial charge on any atom is -0.545 e. The summed E-state index contributed by atoms with van der Waals surface area (Å²) in [4.78, 5) is 11.5. The minimum atomic E-state index is -1.28. The van der Waals surface area contributed by atoms with Crippen molar-refractivity contribution in [2.75, 3.05) is 21.3 Å². The SMILES string of the molecule is COc1ccc(Oc2c(/C=C/C(=O)[O-])sc3cc(OC)c(OC)cc23)cc1.[Na+]. The van der Waals surface area contributed by atoms with Crippen LogP contribution in [-0.2, 0) is 4.79 Å². The number of ether oxygens (including phenoxy) is 4. The smallest absolute Gasteiger partial charge is 0.545 e. The Labute approximate surface area is 188 Å². The normalized spacial score (nSPS) is 10.5. The van der Waals surface area contributed by atoms with E-state index in [1.165, 1.54) is 17.4 Å². The largest absolute Gasteiger partial charge is 1.00 e. The monoisotopic (exact) mass is 408 g/mol. The Bertz CT molecular complexity index is 994. The van der Waals surface area contributed by atoms with Gasteiger partial charge in [0.25, 0.3) is 0 Å². The van der Waals surface area contributed by atoms with E-state index in [0.717, 1.165) is 16.2 Å².